The molecule has 0 aliphatic carbocycles. The fraction of sp³-hybridized carbons (Fsp3) is 0.211. The fourth-order valence-electron chi connectivity index (χ4n) is 2.75. The summed E-state index contributed by atoms with van der Waals surface area (Å²) in [6.45, 7) is 2.05. The molecule has 0 saturated heterocycles. The van der Waals surface area contributed by atoms with Crippen LogP contribution < -0.4 is 4.90 Å². The third-order valence-corrected chi connectivity index (χ3v) is 5.23. The molecule has 2 aromatic carbocycles. The Morgan fingerprint density at radius 2 is 1.79 bits per heavy atom. The molecule has 0 amide bonds. The Bertz CT molecular complexity index is 870. The van der Waals surface area contributed by atoms with Gasteiger partial charge >= 0.3 is 0 Å². The molecule has 1 atom stereocenters. The van der Waals surface area contributed by atoms with E-state index in [2.05, 4.69) is 4.98 Å². The monoisotopic (exact) mass is 339 g/mol. The number of benzene rings is 2. The first kappa shape index (κ1) is 16.5. The van der Waals surface area contributed by atoms with E-state index in [4.69, 9.17) is 0 Å². The summed E-state index contributed by atoms with van der Waals surface area (Å²) in [5.41, 5.74) is 4.28. The van der Waals surface area contributed by atoms with Gasteiger partial charge in [0, 0.05) is 32.2 Å². The van der Waals surface area contributed by atoms with Crippen LogP contribution in [0.2, 0.25) is 0 Å². The van der Waals surface area contributed by atoms with Gasteiger partial charge in [-0.15, -0.1) is 0 Å². The van der Waals surface area contributed by atoms with Crippen LogP contribution in [0.5, 0.6) is 0 Å². The van der Waals surface area contributed by atoms with Crippen molar-refractivity contribution in [2.24, 2.45) is 0 Å². The van der Waals surface area contributed by atoms with Crippen molar-refractivity contribution in [3.05, 3.63) is 72.1 Å². The van der Waals surface area contributed by atoms with Crippen molar-refractivity contribution in [2.45, 2.75) is 17.8 Å². The normalized spacial score (nSPS) is 12.1. The smallest absolute Gasteiger partial charge is 0.203 e. The van der Waals surface area contributed by atoms with Crippen molar-refractivity contribution < 1.29 is 4.21 Å². The van der Waals surface area contributed by atoms with Crippen molar-refractivity contribution >= 4 is 16.5 Å². The van der Waals surface area contributed by atoms with Crippen molar-refractivity contribution in [1.29, 1.82) is 0 Å². The molecule has 0 fully saturated rings. The average Bonchev–Trinajstić information content (AvgIpc) is 3.05. The van der Waals surface area contributed by atoms with Crippen LogP contribution in [0.15, 0.2) is 66.1 Å². The number of aromatic nitrogens is 2. The summed E-state index contributed by atoms with van der Waals surface area (Å²) < 4.78 is 14.9. The summed E-state index contributed by atoms with van der Waals surface area (Å²) in [5.74, 6) is 0.442. The molecule has 0 radical (unpaired) electrons. The van der Waals surface area contributed by atoms with Gasteiger partial charge in [-0.2, -0.15) is 0 Å². The van der Waals surface area contributed by atoms with Crippen LogP contribution in [-0.4, -0.2) is 27.9 Å². The molecular formula is C19H21N3OS. The van der Waals surface area contributed by atoms with E-state index in [1.54, 1.807) is 6.20 Å². The summed E-state index contributed by atoms with van der Waals surface area (Å²) in [5, 5.41) is 0.581. The molecule has 3 aromatic rings. The Morgan fingerprint density at radius 3 is 2.54 bits per heavy atom. The molecule has 0 N–H and O–H groups in total. The van der Waals surface area contributed by atoms with Gasteiger partial charge in [-0.1, -0.05) is 36.4 Å². The summed E-state index contributed by atoms with van der Waals surface area (Å²) in [6.07, 6.45) is 3.57. The predicted molar refractivity (Wildman–Crippen MR) is 99.2 cm³/mol. The van der Waals surface area contributed by atoms with Gasteiger partial charge in [0.05, 0.1) is 22.2 Å². The van der Waals surface area contributed by atoms with E-state index in [1.165, 1.54) is 0 Å². The highest BCUT2D eigenvalue weighted by molar-refractivity contribution is 7.84. The molecular weight excluding hydrogens is 318 g/mol. The minimum absolute atomic E-state index is 0.442. The van der Waals surface area contributed by atoms with Gasteiger partial charge in [0.15, 0.2) is 0 Å². The van der Waals surface area contributed by atoms with E-state index in [0.29, 0.717) is 10.9 Å². The lowest BCUT2D eigenvalue weighted by Gasteiger charge is -2.17. The topological polar surface area (TPSA) is 38.1 Å². The maximum absolute atomic E-state index is 13.0. The van der Waals surface area contributed by atoms with Crippen LogP contribution in [0, 0.1) is 6.92 Å². The van der Waals surface area contributed by atoms with Crippen LogP contribution in [0.3, 0.4) is 0 Å². The fourth-order valence-corrected chi connectivity index (χ4v) is 3.96. The van der Waals surface area contributed by atoms with Crippen LogP contribution in [0.1, 0.15) is 11.1 Å². The summed E-state index contributed by atoms with van der Waals surface area (Å²) in [4.78, 5) is 6.40. The second-order valence-electron chi connectivity index (χ2n) is 5.88. The first-order valence-corrected chi connectivity index (χ1v) is 9.13. The van der Waals surface area contributed by atoms with E-state index >= 15 is 0 Å². The molecule has 0 saturated carbocycles. The standard InChI is InChI=1S/C19H21N3OS/c1-15-8-4-6-10-17(15)22-13-12-20-19(22)24(23)14-16-9-5-7-11-18(16)21(2)3/h4-13H,14H2,1-3H3. The zero-order valence-electron chi connectivity index (χ0n) is 14.1. The second kappa shape index (κ2) is 7.01. The van der Waals surface area contributed by atoms with E-state index in [-0.39, 0.29) is 0 Å². The molecule has 1 aromatic heterocycles. The molecule has 0 aliphatic rings. The number of hydrogen-bond donors (Lipinski definition) is 0. The van der Waals surface area contributed by atoms with Gasteiger partial charge in [-0.25, -0.2) is 4.98 Å². The van der Waals surface area contributed by atoms with Crippen LogP contribution in [0.25, 0.3) is 5.69 Å². The molecule has 24 heavy (non-hydrogen) atoms. The van der Waals surface area contributed by atoms with Crippen molar-refractivity contribution in [1.82, 2.24) is 9.55 Å². The van der Waals surface area contributed by atoms with Gasteiger partial charge in [0.1, 0.15) is 0 Å². The molecule has 0 bridgehead atoms. The zero-order chi connectivity index (χ0) is 17.1. The average molecular weight is 339 g/mol. The summed E-state index contributed by atoms with van der Waals surface area (Å²) >= 11 is 0. The highest BCUT2D eigenvalue weighted by atomic mass is 32.2. The number of imidazole rings is 1. The van der Waals surface area contributed by atoms with Crippen molar-refractivity contribution in [3.63, 3.8) is 0 Å². The quantitative estimate of drug-likeness (QED) is 0.713. The first-order chi connectivity index (χ1) is 11.6. The van der Waals surface area contributed by atoms with Gasteiger partial charge in [-0.05, 0) is 30.2 Å². The number of anilines is 1. The third kappa shape index (κ3) is 3.26. The largest absolute Gasteiger partial charge is 0.377 e. The Hall–Kier alpha value is -2.40. The van der Waals surface area contributed by atoms with Crippen molar-refractivity contribution in [3.8, 4) is 5.69 Å². The van der Waals surface area contributed by atoms with Gasteiger partial charge in [0.2, 0.25) is 5.16 Å². The van der Waals surface area contributed by atoms with Gasteiger partial charge in [0.25, 0.3) is 0 Å². The third-order valence-electron chi connectivity index (χ3n) is 3.95. The Balaban J connectivity index is 1.94. The molecule has 124 valence electrons. The molecule has 1 unspecified atom stereocenters. The molecule has 0 spiro atoms. The number of hydrogen-bond acceptors (Lipinski definition) is 3. The number of rotatable bonds is 5. The maximum Gasteiger partial charge on any atom is 0.203 e. The Kier molecular flexibility index (Phi) is 4.81. The Morgan fingerprint density at radius 1 is 1.08 bits per heavy atom. The zero-order valence-corrected chi connectivity index (χ0v) is 15.0. The van der Waals surface area contributed by atoms with Crippen molar-refractivity contribution in [2.75, 3.05) is 19.0 Å². The maximum atomic E-state index is 13.0. The van der Waals surface area contributed by atoms with Crippen LogP contribution in [0.4, 0.5) is 5.69 Å². The lowest BCUT2D eigenvalue weighted by molar-refractivity contribution is 0.672. The Labute approximate surface area is 145 Å². The SMILES string of the molecule is Cc1ccccc1-n1ccnc1S(=O)Cc1ccccc1N(C)C. The van der Waals surface area contributed by atoms with Crippen LogP contribution >= 0.6 is 0 Å². The van der Waals surface area contributed by atoms with Gasteiger partial charge < -0.3 is 4.90 Å². The molecule has 0 aliphatic heterocycles. The lowest BCUT2D eigenvalue weighted by Crippen LogP contribution is -2.13. The van der Waals surface area contributed by atoms with E-state index < -0.39 is 10.8 Å². The molecule has 1 heterocycles. The number of aryl methyl sites for hydroxylation is 1. The molecule has 3 rings (SSSR count). The van der Waals surface area contributed by atoms with E-state index in [1.807, 2.05) is 85.2 Å². The number of para-hydroxylation sites is 2. The molecule has 4 nitrogen and oxygen atoms in total. The summed E-state index contributed by atoms with van der Waals surface area (Å²) in [6, 6.07) is 16.1. The van der Waals surface area contributed by atoms with E-state index in [0.717, 1.165) is 22.5 Å². The predicted octanol–water partition coefficient (Wildman–Crippen LogP) is 3.55. The highest BCUT2D eigenvalue weighted by Gasteiger charge is 2.16. The lowest BCUT2D eigenvalue weighted by atomic mass is 10.2. The highest BCUT2D eigenvalue weighted by Crippen LogP contribution is 2.23. The number of nitrogens with zero attached hydrogens (tertiary/aromatic N) is 3. The molecule has 5 heteroatoms. The first-order valence-electron chi connectivity index (χ1n) is 7.81. The summed E-state index contributed by atoms with van der Waals surface area (Å²) in [7, 11) is 2.77. The minimum atomic E-state index is -1.23. The minimum Gasteiger partial charge on any atom is -0.377 e. The van der Waals surface area contributed by atoms with Crippen LogP contribution in [-0.2, 0) is 16.6 Å². The second-order valence-corrected chi connectivity index (χ2v) is 7.22. The van der Waals surface area contributed by atoms with Gasteiger partial charge in [-0.3, -0.25) is 8.78 Å². The van der Waals surface area contributed by atoms with E-state index in [9.17, 15) is 4.21 Å².